The Hall–Kier alpha value is -7.48. The van der Waals surface area contributed by atoms with Gasteiger partial charge in [-0.05, 0) is 35.0 Å². The van der Waals surface area contributed by atoms with Crippen molar-refractivity contribution in [2.75, 3.05) is 0 Å². The molecular weight excluding hydrogens is 768 g/mol. The van der Waals surface area contributed by atoms with Gasteiger partial charge in [0.05, 0.1) is 43.6 Å². The molecule has 58 heavy (non-hydrogen) atoms. The van der Waals surface area contributed by atoms with Crippen LogP contribution in [0.2, 0.25) is 0 Å². The zero-order valence-corrected chi connectivity index (χ0v) is 28.6. The Bertz CT molecular complexity index is 3990. The van der Waals surface area contributed by atoms with Crippen molar-refractivity contribution >= 4 is 120 Å². The monoisotopic (exact) mass is 780 g/mol. The zero-order valence-electron chi connectivity index (χ0n) is 28.6. The summed E-state index contributed by atoms with van der Waals surface area (Å²) in [6.07, 6.45) is 0. The molecule has 6 nitrogen and oxygen atoms in total. The molecule has 0 radical (unpaired) electrons. The van der Waals surface area contributed by atoms with E-state index in [2.05, 4.69) is 9.97 Å². The van der Waals surface area contributed by atoms with Crippen molar-refractivity contribution in [2.24, 2.45) is 0 Å². The van der Waals surface area contributed by atoms with E-state index in [9.17, 15) is 9.59 Å². The van der Waals surface area contributed by atoms with Crippen molar-refractivity contribution in [2.45, 2.75) is 0 Å². The smallest absolute Gasteiger partial charge is 0.267 e. The molecule has 0 spiro atoms. The molecule has 0 N–H and O–H groups in total. The van der Waals surface area contributed by atoms with E-state index in [4.69, 9.17) is 0 Å². The van der Waals surface area contributed by atoms with Crippen LogP contribution in [0.3, 0.4) is 0 Å². The molecule has 0 amide bonds. The first-order valence-electron chi connectivity index (χ1n) is 17.6. The third kappa shape index (κ3) is 3.22. The highest BCUT2D eigenvalue weighted by Gasteiger charge is 2.37. The number of pyridine rings is 2. The number of fused-ring (bicyclic) bond motifs is 8. The zero-order chi connectivity index (χ0) is 39.5. The predicted molar refractivity (Wildman–Crippen MR) is 205 cm³/mol. The molecule has 0 aliphatic heterocycles. The topological polar surface area (TPSA) is 68.7 Å². The van der Waals surface area contributed by atoms with Crippen molar-refractivity contribution in [1.29, 1.82) is 0 Å². The van der Waals surface area contributed by atoms with E-state index in [1.807, 2.05) is 0 Å². The van der Waals surface area contributed by atoms with E-state index in [0.29, 0.717) is 21.5 Å². The lowest BCUT2D eigenvalue weighted by Crippen LogP contribution is -2.20. The van der Waals surface area contributed by atoms with Crippen LogP contribution in [0.1, 0.15) is 0 Å². The number of nitrogens with zero attached hydrogens (tertiary/aromatic N) is 4. The lowest BCUT2D eigenvalue weighted by atomic mass is 9.84. The first-order chi connectivity index (χ1) is 28.0. The van der Waals surface area contributed by atoms with Crippen molar-refractivity contribution in [1.82, 2.24) is 18.8 Å². The van der Waals surface area contributed by atoms with Crippen LogP contribution in [0.15, 0.2) is 82.4 Å². The maximum absolute atomic E-state index is 17.1. The minimum Gasteiger partial charge on any atom is -0.268 e. The number of rotatable bonds is 0. The molecule has 4 aromatic heterocycles. The summed E-state index contributed by atoms with van der Waals surface area (Å²) in [6.45, 7) is 0. The van der Waals surface area contributed by atoms with Gasteiger partial charge in [-0.15, -0.1) is 0 Å². The van der Waals surface area contributed by atoms with Gasteiger partial charge in [0, 0.05) is 53.9 Å². The number of hydrogen-bond donors (Lipinski definition) is 0. The normalized spacial score (nSPS) is 13.0. The van der Waals surface area contributed by atoms with Gasteiger partial charge in [-0.3, -0.25) is 18.4 Å². The molecule has 0 saturated carbocycles. The molecule has 0 unspecified atom stereocenters. The fraction of sp³-hybridized carbons (Fsp3) is 0. The van der Waals surface area contributed by atoms with Crippen LogP contribution in [0.25, 0.3) is 120 Å². The van der Waals surface area contributed by atoms with E-state index < -0.39 is 134 Å². The van der Waals surface area contributed by atoms with Crippen molar-refractivity contribution in [3.63, 3.8) is 0 Å². The molecule has 0 aliphatic carbocycles. The Morgan fingerprint density at radius 1 is 0.328 bits per heavy atom. The molecule has 0 atom stereocenters. The molecule has 0 fully saturated rings. The van der Waals surface area contributed by atoms with Gasteiger partial charge in [-0.1, -0.05) is 48.5 Å². The summed E-state index contributed by atoms with van der Waals surface area (Å²) in [7, 11) is 0. The fourth-order valence-electron chi connectivity index (χ4n) is 9.71. The first kappa shape index (κ1) is 31.7. The van der Waals surface area contributed by atoms with Gasteiger partial charge >= 0.3 is 0 Å². The molecule has 0 bridgehead atoms. The predicted octanol–water partition coefficient (Wildman–Crippen LogP) is 10.7. The van der Waals surface area contributed by atoms with Gasteiger partial charge in [0.1, 0.15) is 0 Å². The Morgan fingerprint density at radius 2 is 0.621 bits per heavy atom. The van der Waals surface area contributed by atoms with Gasteiger partial charge < -0.3 is 0 Å². The van der Waals surface area contributed by atoms with Crippen LogP contribution < -0.4 is 11.1 Å². The average molecular weight is 781 g/mol. The summed E-state index contributed by atoms with van der Waals surface area (Å²) in [4.78, 5) is 37.8. The van der Waals surface area contributed by atoms with Gasteiger partial charge in [0.2, 0.25) is 0 Å². The van der Waals surface area contributed by atoms with Crippen LogP contribution in [-0.2, 0) is 0 Å². The van der Waals surface area contributed by atoms with Gasteiger partial charge in [0.25, 0.3) is 11.1 Å². The molecule has 4 heterocycles. The molecular formula is C44H12F8N4O2. The lowest BCUT2D eigenvalue weighted by Gasteiger charge is -2.23. The van der Waals surface area contributed by atoms with E-state index in [0.717, 1.165) is 8.80 Å². The second-order valence-electron chi connectivity index (χ2n) is 14.5. The second kappa shape index (κ2) is 9.90. The van der Waals surface area contributed by atoms with Crippen molar-refractivity contribution < 1.29 is 35.1 Å². The summed E-state index contributed by atoms with van der Waals surface area (Å²) in [5.74, 6) is -15.3. The SMILES string of the molecule is O=c1c2c(F)c(F)c3c4c(F)c(F)c5c(=O)n6c7cccc8cccc(nc6c6c(F)c(F)c(c9c(F)c(F)c(c2c39)c2nc3cccc9cccc(c93)n12)c4c56)c87. The summed E-state index contributed by atoms with van der Waals surface area (Å²) < 4.78 is 137. The molecule has 276 valence electrons. The minimum absolute atomic E-state index is 0.0795. The largest absolute Gasteiger partial charge is 0.268 e. The van der Waals surface area contributed by atoms with Gasteiger partial charge in [-0.2, -0.15) is 0 Å². The third-order valence-corrected chi connectivity index (χ3v) is 11.9. The number of halogens is 8. The maximum Gasteiger partial charge on any atom is 0.267 e. The summed E-state index contributed by atoms with van der Waals surface area (Å²) >= 11 is 0. The minimum atomic E-state index is -1.99. The summed E-state index contributed by atoms with van der Waals surface area (Å²) in [6, 6.07) is 19.0. The third-order valence-electron chi connectivity index (χ3n) is 11.9. The Morgan fingerprint density at radius 3 is 0.983 bits per heavy atom. The van der Waals surface area contributed by atoms with E-state index in [1.165, 1.54) is 24.3 Å². The number of hydrogen-bond acceptors (Lipinski definition) is 4. The molecule has 13 rings (SSSR count). The summed E-state index contributed by atoms with van der Waals surface area (Å²) in [5, 5.41) is -10.4. The van der Waals surface area contributed by atoms with Gasteiger partial charge in [0.15, 0.2) is 57.8 Å². The van der Waals surface area contributed by atoms with Crippen LogP contribution in [0, 0.1) is 46.5 Å². The molecule has 9 aromatic carbocycles. The molecule has 0 aliphatic rings. The maximum atomic E-state index is 17.1. The quantitative estimate of drug-likeness (QED) is 0.0873. The molecule has 13 aromatic rings. The van der Waals surface area contributed by atoms with Crippen LogP contribution in [0.5, 0.6) is 0 Å². The van der Waals surface area contributed by atoms with Crippen LogP contribution in [0.4, 0.5) is 35.1 Å². The van der Waals surface area contributed by atoms with Crippen LogP contribution in [-0.4, -0.2) is 18.8 Å². The highest BCUT2D eigenvalue weighted by atomic mass is 19.2. The van der Waals surface area contributed by atoms with Crippen LogP contribution >= 0.6 is 0 Å². The standard InChI is InChI=1S/C44H12F8N4O2/c45-33-25-21-23-29(37(33)49)41-53-15-9-1-5-13-7-3-11-17(19(13)15)55(41)43(57)31(23)39(51)35(47)27(21)28-22-24-30(38(50)34(46)26(22)25)42-54-16-10-2-6-14-8-4-12-18(20(14)16)56(42)44(58)32(24)40(52)36(28)48/h1-12H. The van der Waals surface area contributed by atoms with E-state index in [-0.39, 0.29) is 22.1 Å². The van der Waals surface area contributed by atoms with Crippen molar-refractivity contribution in [3.05, 3.63) is 140 Å². The second-order valence-corrected chi connectivity index (χ2v) is 14.5. The number of aromatic nitrogens is 4. The average Bonchev–Trinajstić information content (AvgIpc) is 3.22. The van der Waals surface area contributed by atoms with E-state index >= 15 is 35.1 Å². The highest BCUT2D eigenvalue weighted by Crippen LogP contribution is 2.52. The lowest BCUT2D eigenvalue weighted by molar-refractivity contribution is 0.515. The Balaban J connectivity index is 1.38. The first-order valence-corrected chi connectivity index (χ1v) is 17.6. The highest BCUT2D eigenvalue weighted by molar-refractivity contribution is 6.41. The van der Waals surface area contributed by atoms with E-state index in [1.54, 1.807) is 48.5 Å². The summed E-state index contributed by atoms with van der Waals surface area (Å²) in [5.41, 5.74) is -3.08. The molecule has 0 saturated heterocycles. The Labute approximate surface area is 313 Å². The van der Waals surface area contributed by atoms with Gasteiger partial charge in [-0.25, -0.2) is 45.1 Å². The molecule has 14 heteroatoms. The number of benzene rings is 9. The Kier molecular flexibility index (Phi) is 5.41. The fourth-order valence-corrected chi connectivity index (χ4v) is 9.71. The van der Waals surface area contributed by atoms with Crippen molar-refractivity contribution in [3.8, 4) is 0 Å².